The number of rotatable bonds is 2. The normalized spacial score (nSPS) is 19.4. The molecule has 1 aliphatic rings. The summed E-state index contributed by atoms with van der Waals surface area (Å²) in [6.45, 7) is 0.763. The molecule has 1 saturated heterocycles. The summed E-state index contributed by atoms with van der Waals surface area (Å²) >= 11 is 3.40. The van der Waals surface area contributed by atoms with Crippen molar-refractivity contribution in [2.75, 3.05) is 18.9 Å². The zero-order chi connectivity index (χ0) is 13.6. The summed E-state index contributed by atoms with van der Waals surface area (Å²) in [4.78, 5) is 22.1. The summed E-state index contributed by atoms with van der Waals surface area (Å²) in [7, 11) is 3.62. The van der Waals surface area contributed by atoms with E-state index in [0.717, 1.165) is 24.0 Å². The van der Waals surface area contributed by atoms with Crippen LogP contribution in [0.25, 0.3) is 11.0 Å². The van der Waals surface area contributed by atoms with E-state index in [2.05, 4.69) is 36.3 Å². The van der Waals surface area contributed by atoms with E-state index in [0.29, 0.717) is 10.4 Å². The van der Waals surface area contributed by atoms with Gasteiger partial charge in [0.2, 0.25) is 5.91 Å². The molecule has 0 saturated carbocycles. The van der Waals surface area contributed by atoms with E-state index < -0.39 is 0 Å². The molecule has 0 radical (unpaired) electrons. The van der Waals surface area contributed by atoms with Crippen molar-refractivity contribution in [1.82, 2.24) is 24.6 Å². The number of halogens is 1. The molecule has 2 aromatic heterocycles. The first-order valence-corrected chi connectivity index (χ1v) is 6.72. The highest BCUT2D eigenvalue weighted by atomic mass is 79.9. The number of aryl methyl sites for hydroxylation is 1. The maximum Gasteiger partial charge on any atom is 0.244 e. The van der Waals surface area contributed by atoms with E-state index in [-0.39, 0.29) is 11.9 Å². The summed E-state index contributed by atoms with van der Waals surface area (Å²) in [6, 6.07) is -0.227. The molecule has 3 rings (SSSR count). The Morgan fingerprint density at radius 3 is 2.89 bits per heavy atom. The van der Waals surface area contributed by atoms with Gasteiger partial charge in [0.25, 0.3) is 0 Å². The van der Waals surface area contributed by atoms with Gasteiger partial charge in [-0.1, -0.05) is 0 Å². The van der Waals surface area contributed by atoms with E-state index in [1.54, 1.807) is 16.6 Å². The van der Waals surface area contributed by atoms with E-state index in [1.807, 2.05) is 7.05 Å². The van der Waals surface area contributed by atoms with Crippen molar-refractivity contribution < 1.29 is 4.79 Å². The first-order chi connectivity index (χ1) is 9.08. The highest BCUT2D eigenvalue weighted by Crippen LogP contribution is 2.28. The lowest BCUT2D eigenvalue weighted by Crippen LogP contribution is -2.31. The Labute approximate surface area is 118 Å². The Morgan fingerprint density at radius 1 is 1.42 bits per heavy atom. The number of carbonyl (C=O) groups is 1. The van der Waals surface area contributed by atoms with Gasteiger partial charge in [-0.2, -0.15) is 5.10 Å². The molecule has 100 valence electrons. The van der Waals surface area contributed by atoms with Crippen molar-refractivity contribution in [3.05, 3.63) is 10.9 Å². The van der Waals surface area contributed by atoms with Crippen molar-refractivity contribution in [1.29, 1.82) is 0 Å². The van der Waals surface area contributed by atoms with Gasteiger partial charge in [0.15, 0.2) is 5.65 Å². The Kier molecular flexibility index (Phi) is 2.89. The van der Waals surface area contributed by atoms with E-state index in [9.17, 15) is 4.79 Å². The number of amides is 1. The molecule has 1 unspecified atom stereocenters. The fraction of sp³-hybridized carbons (Fsp3) is 0.455. The Balaban J connectivity index is 2.00. The van der Waals surface area contributed by atoms with E-state index in [1.165, 1.54) is 6.33 Å². The van der Waals surface area contributed by atoms with Crippen LogP contribution in [-0.2, 0) is 11.8 Å². The van der Waals surface area contributed by atoms with Crippen LogP contribution in [0.2, 0.25) is 0 Å². The fourth-order valence-corrected chi connectivity index (χ4v) is 2.87. The Morgan fingerprint density at radius 2 is 2.21 bits per heavy atom. The predicted molar refractivity (Wildman–Crippen MR) is 73.7 cm³/mol. The molecule has 0 aliphatic carbocycles. The van der Waals surface area contributed by atoms with Crippen LogP contribution < -0.4 is 5.32 Å². The van der Waals surface area contributed by atoms with Crippen LogP contribution >= 0.6 is 15.9 Å². The first kappa shape index (κ1) is 12.3. The van der Waals surface area contributed by atoms with Gasteiger partial charge in [-0.05, 0) is 22.4 Å². The first-order valence-electron chi connectivity index (χ1n) is 5.92. The largest absolute Gasteiger partial charge is 0.358 e. The number of nitrogens with one attached hydrogen (secondary N) is 1. The molecular formula is C11H13BrN6O. The zero-order valence-electron chi connectivity index (χ0n) is 10.6. The minimum Gasteiger partial charge on any atom is -0.358 e. The second-order valence-corrected chi connectivity index (χ2v) is 5.33. The van der Waals surface area contributed by atoms with Crippen molar-refractivity contribution in [3.8, 4) is 0 Å². The number of carbonyl (C=O) groups excluding carboxylic acids is 1. The summed E-state index contributed by atoms with van der Waals surface area (Å²) < 4.78 is 2.35. The number of anilines is 1. The van der Waals surface area contributed by atoms with Crippen LogP contribution in [0.15, 0.2) is 10.9 Å². The average molecular weight is 325 g/mol. The molecule has 0 aromatic carbocycles. The maximum atomic E-state index is 11.9. The molecule has 1 amide bonds. The van der Waals surface area contributed by atoms with Gasteiger partial charge in [-0.15, -0.1) is 0 Å². The smallest absolute Gasteiger partial charge is 0.244 e. The van der Waals surface area contributed by atoms with Crippen molar-refractivity contribution in [2.45, 2.75) is 12.5 Å². The number of nitrogens with zero attached hydrogens (tertiary/aromatic N) is 5. The predicted octanol–water partition coefficient (Wildman–Crippen LogP) is 0.768. The van der Waals surface area contributed by atoms with Gasteiger partial charge in [0, 0.05) is 20.6 Å². The Bertz CT molecular complexity index is 654. The quantitative estimate of drug-likeness (QED) is 0.883. The van der Waals surface area contributed by atoms with Crippen molar-refractivity contribution >= 4 is 38.7 Å². The monoisotopic (exact) mass is 324 g/mol. The molecule has 1 aliphatic heterocycles. The summed E-state index contributed by atoms with van der Waals surface area (Å²) in [5.41, 5.74) is 0.725. The molecule has 2 aromatic rings. The third-order valence-corrected chi connectivity index (χ3v) is 3.87. The zero-order valence-corrected chi connectivity index (χ0v) is 12.2. The molecule has 8 heteroatoms. The third-order valence-electron chi connectivity index (χ3n) is 3.32. The SMILES string of the molecule is CN1CCC(Nc2ncnc3c2c(Br)nn3C)C1=O. The summed E-state index contributed by atoms with van der Waals surface area (Å²) in [5, 5.41) is 8.25. The molecule has 7 nitrogen and oxygen atoms in total. The molecular weight excluding hydrogens is 312 g/mol. The minimum absolute atomic E-state index is 0.0896. The summed E-state index contributed by atoms with van der Waals surface area (Å²) in [6.07, 6.45) is 2.25. The molecule has 1 atom stereocenters. The second kappa shape index (κ2) is 4.44. The third kappa shape index (κ3) is 1.95. The topological polar surface area (TPSA) is 75.9 Å². The highest BCUT2D eigenvalue weighted by molar-refractivity contribution is 9.10. The highest BCUT2D eigenvalue weighted by Gasteiger charge is 2.30. The molecule has 0 spiro atoms. The summed E-state index contributed by atoms with van der Waals surface area (Å²) in [5.74, 6) is 0.727. The lowest BCUT2D eigenvalue weighted by molar-refractivity contribution is -0.127. The van der Waals surface area contributed by atoms with Gasteiger partial charge in [-0.3, -0.25) is 4.79 Å². The van der Waals surface area contributed by atoms with Gasteiger partial charge in [0.05, 0.1) is 5.39 Å². The standard InChI is InChI=1S/C11H13BrN6O/c1-17-4-3-6(11(17)19)15-9-7-8(12)16-18(2)10(7)14-5-13-9/h5-6H,3-4H2,1-2H3,(H,13,14,15). The number of hydrogen-bond donors (Lipinski definition) is 1. The fourth-order valence-electron chi connectivity index (χ4n) is 2.27. The number of fused-ring (bicyclic) bond motifs is 1. The molecule has 1 fully saturated rings. The maximum absolute atomic E-state index is 11.9. The van der Waals surface area contributed by atoms with Crippen LogP contribution in [-0.4, -0.2) is 50.2 Å². The van der Waals surface area contributed by atoms with Gasteiger partial charge >= 0.3 is 0 Å². The lowest BCUT2D eigenvalue weighted by atomic mass is 10.2. The number of hydrogen-bond acceptors (Lipinski definition) is 5. The number of likely N-dealkylation sites (tertiary alicyclic amines) is 1. The van der Waals surface area contributed by atoms with E-state index >= 15 is 0 Å². The van der Waals surface area contributed by atoms with Gasteiger partial charge in [0.1, 0.15) is 22.8 Å². The van der Waals surface area contributed by atoms with Crippen LogP contribution in [0.4, 0.5) is 5.82 Å². The molecule has 19 heavy (non-hydrogen) atoms. The van der Waals surface area contributed by atoms with Crippen LogP contribution in [0, 0.1) is 0 Å². The van der Waals surface area contributed by atoms with Gasteiger partial charge < -0.3 is 10.2 Å². The minimum atomic E-state index is -0.227. The average Bonchev–Trinajstić information content (AvgIpc) is 2.85. The van der Waals surface area contributed by atoms with E-state index in [4.69, 9.17) is 0 Å². The van der Waals surface area contributed by atoms with Crippen LogP contribution in [0.5, 0.6) is 0 Å². The van der Waals surface area contributed by atoms with Gasteiger partial charge in [-0.25, -0.2) is 14.6 Å². The number of aromatic nitrogens is 4. The molecule has 1 N–H and O–H groups in total. The van der Waals surface area contributed by atoms with Crippen LogP contribution in [0.1, 0.15) is 6.42 Å². The second-order valence-electron chi connectivity index (χ2n) is 4.58. The van der Waals surface area contributed by atoms with Crippen LogP contribution in [0.3, 0.4) is 0 Å². The molecule has 0 bridgehead atoms. The Hall–Kier alpha value is -1.70. The lowest BCUT2D eigenvalue weighted by Gasteiger charge is -2.13. The van der Waals surface area contributed by atoms with Crippen molar-refractivity contribution in [3.63, 3.8) is 0 Å². The molecule has 3 heterocycles. The van der Waals surface area contributed by atoms with Crippen molar-refractivity contribution in [2.24, 2.45) is 7.05 Å². The number of likely N-dealkylation sites (N-methyl/N-ethyl adjacent to an activating group) is 1.